The zero-order valence-corrected chi connectivity index (χ0v) is 20.6. The first-order valence-electron chi connectivity index (χ1n) is 10.7. The standard InChI is InChI=1S/C22H35N7.HI/c1-3-23-22(24-10-4-12-29-13-5-11-26-29)25-18-20-6-8-21(9-7-20)19-28-16-14-27(2)15-17-28;/h5-9,11,13H,3-4,10,12,14-19H2,1-2H3,(H2,23,24,25);1H. The highest BCUT2D eigenvalue weighted by Crippen LogP contribution is 2.10. The Labute approximate surface area is 197 Å². The van der Waals surface area contributed by atoms with Crippen LogP contribution in [-0.2, 0) is 19.6 Å². The maximum Gasteiger partial charge on any atom is 0.191 e. The molecule has 7 nitrogen and oxygen atoms in total. The van der Waals surface area contributed by atoms with Gasteiger partial charge in [-0.1, -0.05) is 24.3 Å². The van der Waals surface area contributed by atoms with Crippen molar-refractivity contribution in [2.24, 2.45) is 4.99 Å². The number of aryl methyl sites for hydroxylation is 1. The Kier molecular flexibility index (Phi) is 11.2. The Morgan fingerprint density at radius 2 is 1.80 bits per heavy atom. The molecule has 8 heteroatoms. The monoisotopic (exact) mass is 525 g/mol. The van der Waals surface area contributed by atoms with Crippen molar-refractivity contribution in [3.63, 3.8) is 0 Å². The molecule has 2 aromatic rings. The molecule has 0 spiro atoms. The van der Waals surface area contributed by atoms with Gasteiger partial charge in [-0.15, -0.1) is 24.0 Å². The topological polar surface area (TPSA) is 60.7 Å². The summed E-state index contributed by atoms with van der Waals surface area (Å²) >= 11 is 0. The van der Waals surface area contributed by atoms with Gasteiger partial charge in [0, 0.05) is 64.8 Å². The molecule has 0 bridgehead atoms. The first kappa shape index (κ1) is 24.6. The second-order valence-electron chi connectivity index (χ2n) is 7.64. The molecule has 0 unspecified atom stereocenters. The summed E-state index contributed by atoms with van der Waals surface area (Å²) in [5.74, 6) is 0.870. The van der Waals surface area contributed by atoms with Crippen molar-refractivity contribution in [1.82, 2.24) is 30.2 Å². The number of guanidine groups is 1. The lowest BCUT2D eigenvalue weighted by Gasteiger charge is -2.32. The smallest absolute Gasteiger partial charge is 0.191 e. The Bertz CT molecular complexity index is 722. The maximum atomic E-state index is 4.73. The molecule has 1 aliphatic rings. The Balaban J connectivity index is 0.00000320. The van der Waals surface area contributed by atoms with Gasteiger partial charge in [-0.2, -0.15) is 5.10 Å². The van der Waals surface area contributed by atoms with Crippen LogP contribution in [-0.4, -0.2) is 71.9 Å². The van der Waals surface area contributed by atoms with Crippen molar-refractivity contribution in [2.45, 2.75) is 33.0 Å². The molecule has 1 aliphatic heterocycles. The van der Waals surface area contributed by atoms with E-state index in [2.05, 4.69) is 63.8 Å². The van der Waals surface area contributed by atoms with Crippen molar-refractivity contribution in [3.05, 3.63) is 53.9 Å². The molecule has 1 fully saturated rings. The molecule has 1 aromatic carbocycles. The van der Waals surface area contributed by atoms with E-state index >= 15 is 0 Å². The van der Waals surface area contributed by atoms with Gasteiger partial charge in [0.2, 0.25) is 0 Å². The SMILES string of the molecule is CCNC(=NCc1ccc(CN2CCN(C)CC2)cc1)NCCCn1cccn1.I. The van der Waals surface area contributed by atoms with Crippen LogP contribution in [0.4, 0.5) is 0 Å². The zero-order chi connectivity index (χ0) is 20.3. The van der Waals surface area contributed by atoms with Crippen molar-refractivity contribution >= 4 is 29.9 Å². The Morgan fingerprint density at radius 3 is 2.47 bits per heavy atom. The van der Waals surface area contributed by atoms with E-state index in [1.165, 1.54) is 11.1 Å². The summed E-state index contributed by atoms with van der Waals surface area (Å²) in [7, 11) is 2.20. The summed E-state index contributed by atoms with van der Waals surface area (Å²) in [6, 6.07) is 10.9. The number of rotatable bonds is 9. The third kappa shape index (κ3) is 8.61. The number of nitrogens with one attached hydrogen (secondary N) is 2. The van der Waals surface area contributed by atoms with Crippen molar-refractivity contribution in [3.8, 4) is 0 Å². The number of piperazine rings is 1. The fourth-order valence-electron chi connectivity index (χ4n) is 3.41. The highest BCUT2D eigenvalue weighted by atomic mass is 127. The van der Waals surface area contributed by atoms with Crippen LogP contribution in [0.5, 0.6) is 0 Å². The quantitative estimate of drug-likeness (QED) is 0.228. The Hall–Kier alpha value is -1.65. The van der Waals surface area contributed by atoms with Gasteiger partial charge < -0.3 is 15.5 Å². The predicted molar refractivity (Wildman–Crippen MR) is 134 cm³/mol. The van der Waals surface area contributed by atoms with Crippen LogP contribution in [0.25, 0.3) is 0 Å². The third-order valence-corrected chi connectivity index (χ3v) is 5.20. The van der Waals surface area contributed by atoms with Gasteiger partial charge >= 0.3 is 0 Å². The average molecular weight is 525 g/mol. The van der Waals surface area contributed by atoms with E-state index in [0.29, 0.717) is 6.54 Å². The molecule has 0 radical (unpaired) electrons. The fraction of sp³-hybridized carbons (Fsp3) is 0.545. The molecule has 166 valence electrons. The summed E-state index contributed by atoms with van der Waals surface area (Å²) < 4.78 is 1.95. The number of hydrogen-bond donors (Lipinski definition) is 2. The number of likely N-dealkylation sites (N-methyl/N-ethyl adjacent to an activating group) is 1. The number of hydrogen-bond acceptors (Lipinski definition) is 4. The second kappa shape index (κ2) is 13.6. The molecule has 1 aromatic heterocycles. The molecule has 0 saturated carbocycles. The molecular formula is C22H36IN7. The van der Waals surface area contributed by atoms with Crippen LogP contribution in [0, 0.1) is 0 Å². The van der Waals surface area contributed by atoms with Crippen LogP contribution in [0.2, 0.25) is 0 Å². The number of aromatic nitrogens is 2. The Morgan fingerprint density at radius 1 is 1.07 bits per heavy atom. The number of aliphatic imine (C=N–C) groups is 1. The van der Waals surface area contributed by atoms with Gasteiger partial charge in [-0.3, -0.25) is 9.58 Å². The van der Waals surface area contributed by atoms with Crippen molar-refractivity contribution in [2.75, 3.05) is 46.3 Å². The van der Waals surface area contributed by atoms with Gasteiger partial charge in [-0.05, 0) is 37.6 Å². The minimum absolute atomic E-state index is 0. The van der Waals surface area contributed by atoms with E-state index < -0.39 is 0 Å². The average Bonchev–Trinajstić information content (AvgIpc) is 3.25. The zero-order valence-electron chi connectivity index (χ0n) is 18.3. The van der Waals surface area contributed by atoms with Crippen LogP contribution >= 0.6 is 24.0 Å². The van der Waals surface area contributed by atoms with Gasteiger partial charge in [-0.25, -0.2) is 4.99 Å². The molecule has 0 amide bonds. The third-order valence-electron chi connectivity index (χ3n) is 5.20. The van der Waals surface area contributed by atoms with Crippen LogP contribution in [0.3, 0.4) is 0 Å². The molecule has 2 N–H and O–H groups in total. The van der Waals surface area contributed by atoms with E-state index in [9.17, 15) is 0 Å². The van der Waals surface area contributed by atoms with Gasteiger partial charge in [0.25, 0.3) is 0 Å². The number of halogens is 1. The minimum Gasteiger partial charge on any atom is -0.357 e. The predicted octanol–water partition coefficient (Wildman–Crippen LogP) is 2.39. The highest BCUT2D eigenvalue weighted by Gasteiger charge is 2.13. The normalized spacial score (nSPS) is 15.6. The molecule has 0 aliphatic carbocycles. The van der Waals surface area contributed by atoms with Crippen LogP contribution < -0.4 is 10.6 Å². The molecule has 30 heavy (non-hydrogen) atoms. The van der Waals surface area contributed by atoms with Gasteiger partial charge in [0.15, 0.2) is 5.96 Å². The summed E-state index contributed by atoms with van der Waals surface area (Å²) in [5.41, 5.74) is 2.62. The molecular weight excluding hydrogens is 489 g/mol. The van der Waals surface area contributed by atoms with Crippen molar-refractivity contribution < 1.29 is 0 Å². The van der Waals surface area contributed by atoms with E-state index in [0.717, 1.165) is 64.7 Å². The van der Waals surface area contributed by atoms with E-state index in [1.807, 2.05) is 23.1 Å². The highest BCUT2D eigenvalue weighted by molar-refractivity contribution is 14.0. The van der Waals surface area contributed by atoms with E-state index in [1.54, 1.807) is 0 Å². The summed E-state index contributed by atoms with van der Waals surface area (Å²) in [4.78, 5) is 9.65. The second-order valence-corrected chi connectivity index (χ2v) is 7.64. The lowest BCUT2D eigenvalue weighted by Crippen LogP contribution is -2.43. The van der Waals surface area contributed by atoms with Crippen LogP contribution in [0.15, 0.2) is 47.7 Å². The first-order valence-corrected chi connectivity index (χ1v) is 10.7. The summed E-state index contributed by atoms with van der Waals surface area (Å²) in [5, 5.41) is 11.0. The van der Waals surface area contributed by atoms with Gasteiger partial charge in [0.1, 0.15) is 0 Å². The van der Waals surface area contributed by atoms with E-state index in [4.69, 9.17) is 4.99 Å². The molecule has 2 heterocycles. The number of nitrogens with zero attached hydrogens (tertiary/aromatic N) is 5. The summed E-state index contributed by atoms with van der Waals surface area (Å²) in [6.07, 6.45) is 4.81. The largest absolute Gasteiger partial charge is 0.357 e. The van der Waals surface area contributed by atoms with Gasteiger partial charge in [0.05, 0.1) is 6.54 Å². The van der Waals surface area contributed by atoms with Crippen molar-refractivity contribution in [1.29, 1.82) is 0 Å². The molecule has 1 saturated heterocycles. The number of benzene rings is 1. The first-order chi connectivity index (χ1) is 14.2. The molecule has 3 rings (SSSR count). The summed E-state index contributed by atoms with van der Waals surface area (Å²) in [6.45, 7) is 11.1. The fourth-order valence-corrected chi connectivity index (χ4v) is 3.41. The molecule has 0 atom stereocenters. The maximum absolute atomic E-state index is 4.73. The lowest BCUT2D eigenvalue weighted by molar-refractivity contribution is 0.148. The van der Waals surface area contributed by atoms with E-state index in [-0.39, 0.29) is 24.0 Å². The van der Waals surface area contributed by atoms with Crippen LogP contribution in [0.1, 0.15) is 24.5 Å². The lowest BCUT2D eigenvalue weighted by atomic mass is 10.1. The minimum atomic E-state index is 0.